The topological polar surface area (TPSA) is 42.2 Å². The standard InChI is InChI=1S/C18H18Cl2N4/c19-13-8-6-12(7-9-13)15-17(22-14-4-2-1-3-5-14)24-11-10-21-16(20)18(24)23-15/h6-11,14,22H,1-5H2. The van der Waals surface area contributed by atoms with Crippen LogP contribution in [-0.4, -0.2) is 20.4 Å². The SMILES string of the molecule is Clc1ccc(-c2nc3c(Cl)nccn3c2NC2CCCCC2)cc1. The third-order valence-electron chi connectivity index (χ3n) is 4.56. The molecule has 0 amide bonds. The van der Waals surface area contributed by atoms with Crippen LogP contribution in [0, 0.1) is 0 Å². The molecule has 4 nitrogen and oxygen atoms in total. The molecular weight excluding hydrogens is 343 g/mol. The summed E-state index contributed by atoms with van der Waals surface area (Å²) in [6.45, 7) is 0. The molecule has 1 aliphatic rings. The van der Waals surface area contributed by atoms with Gasteiger partial charge in [-0.3, -0.25) is 4.40 Å². The van der Waals surface area contributed by atoms with Crippen molar-refractivity contribution in [3.8, 4) is 11.3 Å². The molecule has 0 radical (unpaired) electrons. The van der Waals surface area contributed by atoms with Gasteiger partial charge in [0.2, 0.25) is 0 Å². The number of benzene rings is 1. The lowest BCUT2D eigenvalue weighted by molar-refractivity contribution is 0.461. The molecule has 2 heterocycles. The van der Waals surface area contributed by atoms with Crippen LogP contribution in [0.5, 0.6) is 0 Å². The van der Waals surface area contributed by atoms with Crippen molar-refractivity contribution in [3.05, 3.63) is 46.8 Å². The molecule has 6 heteroatoms. The Morgan fingerprint density at radius 2 is 1.79 bits per heavy atom. The predicted octanol–water partition coefficient (Wildman–Crippen LogP) is 5.45. The van der Waals surface area contributed by atoms with Gasteiger partial charge in [0.05, 0.1) is 0 Å². The van der Waals surface area contributed by atoms with E-state index in [2.05, 4.69) is 10.3 Å². The molecule has 0 spiro atoms. The number of nitrogens with one attached hydrogen (secondary N) is 1. The van der Waals surface area contributed by atoms with E-state index < -0.39 is 0 Å². The third-order valence-corrected chi connectivity index (χ3v) is 5.08. The van der Waals surface area contributed by atoms with Crippen molar-refractivity contribution in [2.75, 3.05) is 5.32 Å². The number of anilines is 1. The van der Waals surface area contributed by atoms with E-state index in [4.69, 9.17) is 28.2 Å². The molecule has 0 saturated heterocycles. The summed E-state index contributed by atoms with van der Waals surface area (Å²) in [5.74, 6) is 0.975. The minimum Gasteiger partial charge on any atom is -0.367 e. The lowest BCUT2D eigenvalue weighted by Gasteiger charge is -2.24. The monoisotopic (exact) mass is 360 g/mol. The Morgan fingerprint density at radius 3 is 2.54 bits per heavy atom. The maximum Gasteiger partial charge on any atom is 0.177 e. The predicted molar refractivity (Wildman–Crippen MR) is 98.9 cm³/mol. The number of imidazole rings is 1. The second-order valence-corrected chi connectivity index (χ2v) is 7.00. The molecule has 0 bridgehead atoms. The largest absolute Gasteiger partial charge is 0.367 e. The van der Waals surface area contributed by atoms with Gasteiger partial charge < -0.3 is 5.32 Å². The highest BCUT2D eigenvalue weighted by Crippen LogP contribution is 2.33. The van der Waals surface area contributed by atoms with Crippen LogP contribution in [0.1, 0.15) is 32.1 Å². The van der Waals surface area contributed by atoms with Gasteiger partial charge in [0.25, 0.3) is 0 Å². The summed E-state index contributed by atoms with van der Waals surface area (Å²) in [5, 5.41) is 4.81. The van der Waals surface area contributed by atoms with Crippen molar-refractivity contribution in [1.82, 2.24) is 14.4 Å². The van der Waals surface area contributed by atoms with Gasteiger partial charge in [-0.05, 0) is 25.0 Å². The molecule has 2 aromatic heterocycles. The minimum atomic E-state index is 0.407. The van der Waals surface area contributed by atoms with Crippen LogP contribution in [0.15, 0.2) is 36.7 Å². The van der Waals surface area contributed by atoms with Crippen LogP contribution in [0.3, 0.4) is 0 Å². The van der Waals surface area contributed by atoms with Crippen molar-refractivity contribution in [3.63, 3.8) is 0 Å². The summed E-state index contributed by atoms with van der Waals surface area (Å²) < 4.78 is 1.99. The fourth-order valence-electron chi connectivity index (χ4n) is 3.33. The van der Waals surface area contributed by atoms with Crippen molar-refractivity contribution >= 4 is 34.7 Å². The van der Waals surface area contributed by atoms with Crippen LogP contribution in [-0.2, 0) is 0 Å². The molecule has 1 saturated carbocycles. The maximum atomic E-state index is 6.25. The molecule has 1 fully saturated rings. The van der Waals surface area contributed by atoms with E-state index in [1.54, 1.807) is 6.20 Å². The highest BCUT2D eigenvalue weighted by Gasteiger charge is 2.20. The summed E-state index contributed by atoms with van der Waals surface area (Å²) in [6, 6.07) is 8.20. The number of halogens is 2. The Hall–Kier alpha value is -1.78. The van der Waals surface area contributed by atoms with Crippen molar-refractivity contribution in [1.29, 1.82) is 0 Å². The van der Waals surface area contributed by atoms with Gasteiger partial charge in [-0.1, -0.05) is 54.6 Å². The normalized spacial score (nSPS) is 15.8. The first kappa shape index (κ1) is 15.7. The fourth-order valence-corrected chi connectivity index (χ4v) is 3.65. The summed E-state index contributed by atoms with van der Waals surface area (Å²) in [6.07, 6.45) is 9.84. The summed E-state index contributed by atoms with van der Waals surface area (Å²) >= 11 is 12.3. The molecule has 1 aromatic carbocycles. The third kappa shape index (κ3) is 2.96. The number of rotatable bonds is 3. The second-order valence-electron chi connectivity index (χ2n) is 6.21. The lowest BCUT2D eigenvalue weighted by Crippen LogP contribution is -2.23. The summed E-state index contributed by atoms with van der Waals surface area (Å²) in [7, 11) is 0. The molecule has 0 unspecified atom stereocenters. The average molecular weight is 361 g/mol. The van der Waals surface area contributed by atoms with Crippen molar-refractivity contribution < 1.29 is 0 Å². The smallest absolute Gasteiger partial charge is 0.177 e. The molecule has 0 atom stereocenters. The first-order chi connectivity index (χ1) is 11.7. The van der Waals surface area contributed by atoms with E-state index >= 15 is 0 Å². The van der Waals surface area contributed by atoms with E-state index in [0.717, 1.165) is 17.1 Å². The maximum absolute atomic E-state index is 6.25. The number of fused-ring (bicyclic) bond motifs is 1. The van der Waals surface area contributed by atoms with Gasteiger partial charge in [0.15, 0.2) is 10.8 Å². The van der Waals surface area contributed by atoms with Gasteiger partial charge in [0, 0.05) is 29.0 Å². The van der Waals surface area contributed by atoms with E-state index in [-0.39, 0.29) is 0 Å². The van der Waals surface area contributed by atoms with Crippen LogP contribution < -0.4 is 5.32 Å². The van der Waals surface area contributed by atoms with Crippen LogP contribution in [0.2, 0.25) is 10.2 Å². The zero-order chi connectivity index (χ0) is 16.5. The molecule has 4 rings (SSSR count). The lowest BCUT2D eigenvalue weighted by atomic mass is 9.95. The van der Waals surface area contributed by atoms with E-state index in [1.165, 1.54) is 32.1 Å². The van der Waals surface area contributed by atoms with Crippen LogP contribution in [0.25, 0.3) is 16.9 Å². The van der Waals surface area contributed by atoms with Crippen LogP contribution in [0.4, 0.5) is 5.82 Å². The number of aromatic nitrogens is 3. The minimum absolute atomic E-state index is 0.407. The molecule has 1 aliphatic carbocycles. The highest BCUT2D eigenvalue weighted by atomic mass is 35.5. The number of nitrogens with zero attached hydrogens (tertiary/aromatic N) is 3. The van der Waals surface area contributed by atoms with Gasteiger partial charge in [-0.25, -0.2) is 9.97 Å². The average Bonchev–Trinajstić information content (AvgIpc) is 2.97. The van der Waals surface area contributed by atoms with Crippen molar-refractivity contribution in [2.24, 2.45) is 0 Å². The quantitative estimate of drug-likeness (QED) is 0.675. The Bertz CT molecular complexity index is 851. The molecule has 24 heavy (non-hydrogen) atoms. The molecule has 124 valence electrons. The van der Waals surface area contributed by atoms with Crippen LogP contribution >= 0.6 is 23.2 Å². The van der Waals surface area contributed by atoms with E-state index in [0.29, 0.717) is 21.9 Å². The molecule has 3 aromatic rings. The zero-order valence-corrected chi connectivity index (χ0v) is 14.7. The summed E-state index contributed by atoms with van der Waals surface area (Å²) in [5.41, 5.74) is 2.56. The number of hydrogen-bond donors (Lipinski definition) is 1. The van der Waals surface area contributed by atoms with Gasteiger partial charge in [-0.15, -0.1) is 0 Å². The van der Waals surface area contributed by atoms with Gasteiger partial charge in [-0.2, -0.15) is 0 Å². The molecule has 1 N–H and O–H groups in total. The molecular formula is C18H18Cl2N4. The Balaban J connectivity index is 1.83. The molecule has 0 aliphatic heterocycles. The zero-order valence-electron chi connectivity index (χ0n) is 13.2. The fraction of sp³-hybridized carbons (Fsp3) is 0.333. The first-order valence-electron chi connectivity index (χ1n) is 8.27. The van der Waals surface area contributed by atoms with E-state index in [9.17, 15) is 0 Å². The Morgan fingerprint density at radius 1 is 1.04 bits per heavy atom. The first-order valence-corrected chi connectivity index (χ1v) is 9.03. The van der Waals surface area contributed by atoms with E-state index in [1.807, 2.05) is 34.9 Å². The number of hydrogen-bond acceptors (Lipinski definition) is 3. The van der Waals surface area contributed by atoms with Gasteiger partial charge >= 0.3 is 0 Å². The highest BCUT2D eigenvalue weighted by molar-refractivity contribution is 6.32. The Kier molecular flexibility index (Phi) is 4.33. The van der Waals surface area contributed by atoms with Gasteiger partial charge in [0.1, 0.15) is 11.5 Å². The van der Waals surface area contributed by atoms with Crippen molar-refractivity contribution in [2.45, 2.75) is 38.1 Å². The Labute approximate surface area is 150 Å². The second kappa shape index (κ2) is 6.61. The summed E-state index contributed by atoms with van der Waals surface area (Å²) in [4.78, 5) is 8.89.